The van der Waals surface area contributed by atoms with E-state index in [2.05, 4.69) is 22.2 Å². The molecule has 25 heavy (non-hydrogen) atoms. The fourth-order valence-corrected chi connectivity index (χ4v) is 4.75. The maximum Gasteiger partial charge on any atom is 0.242 e. The summed E-state index contributed by atoms with van der Waals surface area (Å²) in [5, 5.41) is 4.57. The molecule has 2 unspecified atom stereocenters. The molecule has 5 nitrogen and oxygen atoms in total. The number of nitrogens with one attached hydrogen (secondary N) is 3. The summed E-state index contributed by atoms with van der Waals surface area (Å²) in [7, 11) is 0. The van der Waals surface area contributed by atoms with Gasteiger partial charge in [-0.15, -0.1) is 11.3 Å². The Hall–Kier alpha value is -1.73. The van der Waals surface area contributed by atoms with Gasteiger partial charge in [-0.3, -0.25) is 15.6 Å². The van der Waals surface area contributed by atoms with Crippen LogP contribution < -0.4 is 16.2 Å². The molecular weight excluding hydrogens is 352 g/mol. The highest BCUT2D eigenvalue weighted by molar-refractivity contribution is 7.80. The Bertz CT molecular complexity index is 725. The first kappa shape index (κ1) is 18.1. The van der Waals surface area contributed by atoms with Gasteiger partial charge < -0.3 is 5.32 Å². The van der Waals surface area contributed by atoms with E-state index in [1.165, 1.54) is 4.70 Å². The highest BCUT2D eigenvalue weighted by Crippen LogP contribution is 2.40. The van der Waals surface area contributed by atoms with Gasteiger partial charge in [-0.1, -0.05) is 25.0 Å². The number of hydrazine groups is 1. The quantitative estimate of drug-likeness (QED) is 0.565. The van der Waals surface area contributed by atoms with Crippen molar-refractivity contribution < 1.29 is 4.79 Å². The lowest BCUT2D eigenvalue weighted by molar-refractivity contribution is -0.127. The molecule has 0 saturated heterocycles. The Morgan fingerprint density at radius 2 is 2.00 bits per heavy atom. The maximum atomic E-state index is 12.7. The van der Waals surface area contributed by atoms with E-state index >= 15 is 0 Å². The third-order valence-electron chi connectivity index (χ3n) is 4.45. The van der Waals surface area contributed by atoms with Gasteiger partial charge in [-0.05, 0) is 51.0 Å². The van der Waals surface area contributed by atoms with Gasteiger partial charge in [0.05, 0.1) is 15.2 Å². The van der Waals surface area contributed by atoms with Crippen molar-refractivity contribution in [3.05, 3.63) is 29.3 Å². The first-order valence-corrected chi connectivity index (χ1v) is 9.99. The minimum Gasteiger partial charge on any atom is -0.359 e. The number of benzene rings is 1. The number of aromatic nitrogens is 1. The third-order valence-corrected chi connectivity index (χ3v) is 5.84. The fraction of sp³-hybridized carbons (Fsp3) is 0.500. The van der Waals surface area contributed by atoms with Gasteiger partial charge in [0, 0.05) is 17.9 Å². The average molecular weight is 377 g/mol. The number of thiocarbonyl (C=S) groups is 1. The van der Waals surface area contributed by atoms with Crippen molar-refractivity contribution in [1.29, 1.82) is 0 Å². The second-order valence-electron chi connectivity index (χ2n) is 6.76. The van der Waals surface area contributed by atoms with Crippen LogP contribution in [0.1, 0.15) is 50.5 Å². The highest BCUT2D eigenvalue weighted by Gasteiger charge is 2.34. The zero-order valence-electron chi connectivity index (χ0n) is 14.5. The van der Waals surface area contributed by atoms with Gasteiger partial charge >= 0.3 is 0 Å². The molecule has 2 aromatic rings. The number of thiazole rings is 1. The van der Waals surface area contributed by atoms with Crippen LogP contribution in [0.5, 0.6) is 0 Å². The summed E-state index contributed by atoms with van der Waals surface area (Å²) >= 11 is 6.88. The smallest absolute Gasteiger partial charge is 0.242 e. The highest BCUT2D eigenvalue weighted by atomic mass is 32.1. The number of carbonyl (C=O) groups is 1. The van der Waals surface area contributed by atoms with Gasteiger partial charge in [0.15, 0.2) is 5.11 Å². The van der Waals surface area contributed by atoms with E-state index in [1.807, 2.05) is 32.0 Å². The van der Waals surface area contributed by atoms with E-state index in [0.29, 0.717) is 5.11 Å². The molecule has 134 valence electrons. The molecule has 0 aliphatic heterocycles. The van der Waals surface area contributed by atoms with Crippen molar-refractivity contribution >= 4 is 44.8 Å². The number of amides is 1. The first-order chi connectivity index (χ1) is 12.0. The molecule has 1 aromatic carbocycles. The Morgan fingerprint density at radius 3 is 2.76 bits per heavy atom. The van der Waals surface area contributed by atoms with Gasteiger partial charge in [-0.2, -0.15) is 0 Å². The van der Waals surface area contributed by atoms with Crippen molar-refractivity contribution in [3.63, 3.8) is 0 Å². The number of fused-ring (bicyclic) bond motifs is 1. The molecule has 1 saturated carbocycles. The molecule has 1 fully saturated rings. The molecule has 3 N–H and O–H groups in total. The minimum absolute atomic E-state index is 0.00291. The number of hydrogen-bond donors (Lipinski definition) is 3. The monoisotopic (exact) mass is 376 g/mol. The zero-order valence-corrected chi connectivity index (χ0v) is 16.2. The van der Waals surface area contributed by atoms with Crippen LogP contribution in [0.15, 0.2) is 24.3 Å². The van der Waals surface area contributed by atoms with Crippen molar-refractivity contribution in [2.45, 2.75) is 51.5 Å². The van der Waals surface area contributed by atoms with Crippen LogP contribution in [-0.4, -0.2) is 22.0 Å². The number of rotatable bonds is 3. The van der Waals surface area contributed by atoms with Gasteiger partial charge in [0.2, 0.25) is 5.91 Å². The second kappa shape index (κ2) is 8.10. The molecule has 1 amide bonds. The molecule has 1 heterocycles. The summed E-state index contributed by atoms with van der Waals surface area (Å²) in [5.74, 6) is 0.111. The summed E-state index contributed by atoms with van der Waals surface area (Å²) < 4.78 is 1.18. The van der Waals surface area contributed by atoms with Crippen LogP contribution in [0.3, 0.4) is 0 Å². The predicted octanol–water partition coefficient (Wildman–Crippen LogP) is 3.47. The van der Waals surface area contributed by atoms with E-state index in [-0.39, 0.29) is 23.8 Å². The normalized spacial score (nSPS) is 20.4. The van der Waals surface area contributed by atoms with Gasteiger partial charge in [0.1, 0.15) is 0 Å². The van der Waals surface area contributed by atoms with Crippen LogP contribution in [-0.2, 0) is 4.79 Å². The molecule has 0 radical (unpaired) electrons. The van der Waals surface area contributed by atoms with Crippen LogP contribution >= 0.6 is 23.6 Å². The summed E-state index contributed by atoms with van der Waals surface area (Å²) in [6.07, 6.45) is 4.12. The topological polar surface area (TPSA) is 66.0 Å². The number of para-hydroxylation sites is 1. The lowest BCUT2D eigenvalue weighted by Gasteiger charge is -2.29. The van der Waals surface area contributed by atoms with E-state index < -0.39 is 0 Å². The Labute approximate surface area is 157 Å². The zero-order chi connectivity index (χ0) is 17.8. The standard InChI is InChI=1S/C18H24N4OS2/c1-11(2)19-18(24)22-21-16(23)12-7-3-4-8-13(12)17-20-14-9-5-6-10-15(14)25-17/h5-6,9-13H,3-4,7-8H2,1-2H3,(H,21,23)(H2,19,22,24). The lowest BCUT2D eigenvalue weighted by Crippen LogP contribution is -2.51. The van der Waals surface area contributed by atoms with Gasteiger partial charge in [0.25, 0.3) is 0 Å². The summed E-state index contributed by atoms with van der Waals surface area (Å²) in [5.41, 5.74) is 6.61. The van der Waals surface area contributed by atoms with Crippen molar-refractivity contribution in [1.82, 2.24) is 21.2 Å². The van der Waals surface area contributed by atoms with E-state index in [4.69, 9.17) is 17.2 Å². The largest absolute Gasteiger partial charge is 0.359 e. The van der Waals surface area contributed by atoms with Crippen molar-refractivity contribution in [2.75, 3.05) is 0 Å². The lowest BCUT2D eigenvalue weighted by atomic mass is 9.79. The summed E-state index contributed by atoms with van der Waals surface area (Å²) in [4.78, 5) is 17.5. The van der Waals surface area contributed by atoms with Crippen LogP contribution in [0.2, 0.25) is 0 Å². The number of nitrogens with zero attached hydrogens (tertiary/aromatic N) is 1. The fourth-order valence-electron chi connectivity index (χ4n) is 3.30. The van der Waals surface area contributed by atoms with Crippen molar-refractivity contribution in [2.24, 2.45) is 5.92 Å². The molecule has 1 aliphatic carbocycles. The first-order valence-electron chi connectivity index (χ1n) is 8.76. The van der Waals surface area contributed by atoms with Crippen molar-refractivity contribution in [3.8, 4) is 0 Å². The molecule has 1 aromatic heterocycles. The molecule has 1 aliphatic rings. The average Bonchev–Trinajstić information content (AvgIpc) is 3.03. The number of hydrogen-bond acceptors (Lipinski definition) is 4. The van der Waals surface area contributed by atoms with E-state index in [1.54, 1.807) is 11.3 Å². The molecule has 7 heteroatoms. The number of carbonyl (C=O) groups excluding carboxylic acids is 1. The van der Waals surface area contributed by atoms with E-state index in [0.717, 1.165) is 36.2 Å². The molecule has 2 atom stereocenters. The summed E-state index contributed by atoms with van der Waals surface area (Å²) in [6, 6.07) is 8.38. The Kier molecular flexibility index (Phi) is 5.86. The van der Waals surface area contributed by atoms with Gasteiger partial charge in [-0.25, -0.2) is 4.98 Å². The predicted molar refractivity (Wildman–Crippen MR) is 106 cm³/mol. The molecular formula is C18H24N4OS2. The molecule has 0 spiro atoms. The maximum absolute atomic E-state index is 12.7. The SMILES string of the molecule is CC(C)NC(=S)NNC(=O)C1CCCCC1c1nc2ccccc2s1. The second-order valence-corrected chi connectivity index (χ2v) is 8.23. The molecule has 0 bridgehead atoms. The summed E-state index contributed by atoms with van der Waals surface area (Å²) in [6.45, 7) is 4.00. The van der Waals surface area contributed by atoms with Crippen LogP contribution in [0.25, 0.3) is 10.2 Å². The Balaban J connectivity index is 1.70. The molecule has 3 rings (SSSR count). The Morgan fingerprint density at radius 1 is 1.24 bits per heavy atom. The minimum atomic E-state index is -0.0661. The third kappa shape index (κ3) is 4.46. The van der Waals surface area contributed by atoms with Crippen LogP contribution in [0.4, 0.5) is 0 Å². The van der Waals surface area contributed by atoms with E-state index in [9.17, 15) is 4.79 Å². The van der Waals surface area contributed by atoms with Crippen LogP contribution in [0, 0.1) is 5.92 Å².